The fourth-order valence-electron chi connectivity index (χ4n) is 1.75. The summed E-state index contributed by atoms with van der Waals surface area (Å²) in [5.41, 5.74) is -1.01. The molecule has 0 saturated heterocycles. The van der Waals surface area contributed by atoms with Gasteiger partial charge >= 0.3 is 36.2 Å². The maximum Gasteiger partial charge on any atom is 0.462 e. The molecule has 1 N–H and O–H groups in total. The average Bonchev–Trinajstić information content (AvgIpc) is 2.60. The molecule has 1 unspecified atom stereocenters. The molecule has 0 bridgehead atoms. The van der Waals surface area contributed by atoms with Gasteiger partial charge in [-0.05, 0) is 31.2 Å². The molecule has 1 rings (SSSR count). The van der Waals surface area contributed by atoms with Crippen molar-refractivity contribution in [3.63, 3.8) is 0 Å². The van der Waals surface area contributed by atoms with Crippen molar-refractivity contribution in [1.82, 2.24) is 0 Å². The van der Waals surface area contributed by atoms with Crippen LogP contribution in [0.3, 0.4) is 0 Å². The third-order valence-corrected chi connectivity index (χ3v) is 3.30. The van der Waals surface area contributed by atoms with Crippen LogP contribution >= 0.6 is 0 Å². The molecule has 0 radical (unpaired) electrons. The van der Waals surface area contributed by atoms with Crippen LogP contribution in [0.4, 0.5) is 54.0 Å². The molecule has 176 valence electrons. The Kier molecular flexibility index (Phi) is 7.21. The molecule has 31 heavy (non-hydrogen) atoms. The first kappa shape index (κ1) is 26.4. The van der Waals surface area contributed by atoms with Crippen molar-refractivity contribution in [1.29, 1.82) is 0 Å². The van der Waals surface area contributed by atoms with Gasteiger partial charge in [0, 0.05) is 5.69 Å². The van der Waals surface area contributed by atoms with Crippen molar-refractivity contribution < 1.29 is 67.4 Å². The number of alkyl halides is 11. The molecule has 0 aliphatic heterocycles. The molecular weight excluding hydrogens is 467 g/mol. The molecule has 0 aliphatic carbocycles. The highest BCUT2D eigenvalue weighted by atomic mass is 19.4. The van der Waals surface area contributed by atoms with Crippen molar-refractivity contribution in [2.45, 2.75) is 37.2 Å². The fourth-order valence-corrected chi connectivity index (χ4v) is 1.75. The zero-order chi connectivity index (χ0) is 24.5. The predicted octanol–water partition coefficient (Wildman–Crippen LogP) is 4.84. The van der Waals surface area contributed by atoms with E-state index in [4.69, 9.17) is 0 Å². The van der Waals surface area contributed by atoms with Crippen molar-refractivity contribution in [2.24, 2.45) is 0 Å². The third kappa shape index (κ3) is 5.34. The van der Waals surface area contributed by atoms with Crippen molar-refractivity contribution >= 4 is 17.6 Å². The highest BCUT2D eigenvalue weighted by molar-refractivity contribution is 5.97. The summed E-state index contributed by atoms with van der Waals surface area (Å²) in [4.78, 5) is 23.0. The topological polar surface area (TPSA) is 64.6 Å². The Morgan fingerprint density at radius 2 is 1.32 bits per heavy atom. The molecule has 1 atom stereocenters. The number of benzene rings is 1. The first-order valence-electron chi connectivity index (χ1n) is 7.67. The first-order valence-corrected chi connectivity index (χ1v) is 7.67. The lowest BCUT2D eigenvalue weighted by molar-refractivity contribution is -0.472. The second-order valence-corrected chi connectivity index (χ2v) is 5.54. The monoisotopic (exact) mass is 477 g/mol. The van der Waals surface area contributed by atoms with Crippen LogP contribution < -0.4 is 5.32 Å². The molecule has 16 heteroatoms. The molecule has 0 fully saturated rings. The molecule has 0 spiro atoms. The Morgan fingerprint density at radius 3 is 1.71 bits per heavy atom. The number of ether oxygens (including phenoxy) is 2. The lowest BCUT2D eigenvalue weighted by atomic mass is 10.2. The quantitative estimate of drug-likeness (QED) is 0.451. The summed E-state index contributed by atoms with van der Waals surface area (Å²) in [6.07, 6.45) is -21.1. The number of carbonyl (C=O) groups excluding carboxylic acids is 2. The smallest absolute Gasteiger partial charge is 0.462 e. The molecule has 1 aromatic rings. The Hall–Kier alpha value is -2.65. The number of amides is 1. The average molecular weight is 477 g/mol. The maximum absolute atomic E-state index is 14.1. The van der Waals surface area contributed by atoms with E-state index in [1.54, 1.807) is 0 Å². The second-order valence-electron chi connectivity index (χ2n) is 5.54. The standard InChI is InChI=1S/C15H10F11NO4/c1-2-30-9(28)7-3-5-8(6-4-7)27-10(29)11(16,13(19,20)21)31-15(25,26)12(17,18)14(22,23)24/h3-6H,2H2,1H3,(H,27,29). The van der Waals surface area contributed by atoms with Gasteiger partial charge in [0.25, 0.3) is 5.91 Å². The molecule has 0 aromatic heterocycles. The van der Waals surface area contributed by atoms with Gasteiger partial charge in [0.2, 0.25) is 0 Å². The van der Waals surface area contributed by atoms with Crippen LogP contribution in [-0.4, -0.2) is 48.7 Å². The summed E-state index contributed by atoms with van der Waals surface area (Å²) in [6, 6.07) is 2.97. The largest absolute Gasteiger partial charge is 0.462 e. The van der Waals surface area contributed by atoms with Crippen LogP contribution in [0.5, 0.6) is 0 Å². The summed E-state index contributed by atoms with van der Waals surface area (Å²) in [6.45, 7) is 1.37. The SMILES string of the molecule is CCOC(=O)c1ccc(NC(=O)C(F)(OC(F)(F)C(F)(F)C(F)(F)F)C(F)(F)F)cc1. The number of anilines is 1. The van der Waals surface area contributed by atoms with Gasteiger partial charge in [-0.3, -0.25) is 9.53 Å². The van der Waals surface area contributed by atoms with Gasteiger partial charge in [-0.25, -0.2) is 4.79 Å². The van der Waals surface area contributed by atoms with Gasteiger partial charge in [0.05, 0.1) is 12.2 Å². The second kappa shape index (κ2) is 8.47. The number of esters is 1. The van der Waals surface area contributed by atoms with Gasteiger partial charge in [0.15, 0.2) is 0 Å². The normalized spacial score (nSPS) is 15.2. The van der Waals surface area contributed by atoms with Gasteiger partial charge in [-0.15, -0.1) is 0 Å². The van der Waals surface area contributed by atoms with Crippen molar-refractivity contribution in [3.05, 3.63) is 29.8 Å². The number of hydrogen-bond acceptors (Lipinski definition) is 4. The van der Waals surface area contributed by atoms with E-state index in [0.717, 1.165) is 17.4 Å². The number of rotatable bonds is 7. The van der Waals surface area contributed by atoms with Crippen LogP contribution in [0.1, 0.15) is 17.3 Å². The van der Waals surface area contributed by atoms with Gasteiger partial charge in [0.1, 0.15) is 0 Å². The van der Waals surface area contributed by atoms with Gasteiger partial charge < -0.3 is 10.1 Å². The fraction of sp³-hybridized carbons (Fsp3) is 0.467. The summed E-state index contributed by atoms with van der Waals surface area (Å²) >= 11 is 0. The molecule has 5 nitrogen and oxygen atoms in total. The Bertz CT molecular complexity index is 805. The van der Waals surface area contributed by atoms with Crippen molar-refractivity contribution in [3.8, 4) is 0 Å². The summed E-state index contributed by atoms with van der Waals surface area (Å²) < 4.78 is 147. The summed E-state index contributed by atoms with van der Waals surface area (Å²) in [7, 11) is 0. The van der Waals surface area contributed by atoms with Gasteiger partial charge in [-0.2, -0.15) is 48.3 Å². The minimum absolute atomic E-state index is 0.0681. The van der Waals surface area contributed by atoms with E-state index < -0.39 is 47.8 Å². The van der Waals surface area contributed by atoms with E-state index in [1.165, 1.54) is 6.92 Å². The lowest BCUT2D eigenvalue weighted by Gasteiger charge is -2.34. The number of nitrogens with one attached hydrogen (secondary N) is 1. The summed E-state index contributed by atoms with van der Waals surface area (Å²) in [5.74, 6) is -17.7. The Morgan fingerprint density at radius 1 is 0.839 bits per heavy atom. The van der Waals surface area contributed by atoms with Crippen LogP contribution in [0.2, 0.25) is 0 Å². The molecular formula is C15H10F11NO4. The van der Waals surface area contributed by atoms with E-state index >= 15 is 0 Å². The van der Waals surface area contributed by atoms with Crippen LogP contribution in [-0.2, 0) is 14.3 Å². The molecule has 0 saturated carbocycles. The number of hydrogen-bond donors (Lipinski definition) is 1. The zero-order valence-electron chi connectivity index (χ0n) is 14.8. The Balaban J connectivity index is 3.22. The highest BCUT2D eigenvalue weighted by Gasteiger charge is 2.79. The third-order valence-electron chi connectivity index (χ3n) is 3.30. The minimum Gasteiger partial charge on any atom is -0.462 e. The van der Waals surface area contributed by atoms with Crippen molar-refractivity contribution in [2.75, 3.05) is 11.9 Å². The lowest BCUT2D eigenvalue weighted by Crippen LogP contribution is -2.62. The molecule has 1 amide bonds. The van der Waals surface area contributed by atoms with Crippen LogP contribution in [0, 0.1) is 0 Å². The summed E-state index contributed by atoms with van der Waals surface area (Å²) in [5, 5.41) is 1.03. The van der Waals surface area contributed by atoms with E-state index in [0.29, 0.717) is 12.1 Å². The number of carbonyl (C=O) groups is 2. The first-order chi connectivity index (χ1) is 13.8. The molecule has 0 heterocycles. The van der Waals surface area contributed by atoms with E-state index in [-0.39, 0.29) is 12.2 Å². The van der Waals surface area contributed by atoms with E-state index in [2.05, 4.69) is 9.47 Å². The predicted molar refractivity (Wildman–Crippen MR) is 78.0 cm³/mol. The minimum atomic E-state index is -7.29. The number of halogens is 11. The van der Waals surface area contributed by atoms with Crippen LogP contribution in [0.15, 0.2) is 24.3 Å². The maximum atomic E-state index is 14.1. The van der Waals surface area contributed by atoms with E-state index in [1.807, 2.05) is 0 Å². The highest BCUT2D eigenvalue weighted by Crippen LogP contribution is 2.51. The Labute approximate surface area is 165 Å². The molecule has 1 aromatic carbocycles. The van der Waals surface area contributed by atoms with E-state index in [9.17, 15) is 57.9 Å². The van der Waals surface area contributed by atoms with Gasteiger partial charge in [-0.1, -0.05) is 0 Å². The van der Waals surface area contributed by atoms with Crippen LogP contribution in [0.25, 0.3) is 0 Å². The zero-order valence-corrected chi connectivity index (χ0v) is 14.8. The molecule has 0 aliphatic rings.